The van der Waals surface area contributed by atoms with Gasteiger partial charge in [0, 0.05) is 34.4 Å². The van der Waals surface area contributed by atoms with Crippen molar-refractivity contribution < 1.29 is 9.53 Å². The second-order valence-electron chi connectivity index (χ2n) is 8.25. The first-order chi connectivity index (χ1) is 17.6. The normalized spacial score (nSPS) is 10.6. The third kappa shape index (κ3) is 5.26. The van der Waals surface area contributed by atoms with Crippen molar-refractivity contribution in [3.8, 4) is 5.75 Å². The van der Waals surface area contributed by atoms with Gasteiger partial charge in [-0.3, -0.25) is 4.79 Å². The van der Waals surface area contributed by atoms with Gasteiger partial charge < -0.3 is 20.7 Å². The zero-order valence-electron chi connectivity index (χ0n) is 19.9. The number of rotatable bonds is 7. The van der Waals surface area contributed by atoms with Crippen LogP contribution in [0, 0.1) is 6.92 Å². The summed E-state index contributed by atoms with van der Waals surface area (Å²) in [6.07, 6.45) is 0. The summed E-state index contributed by atoms with van der Waals surface area (Å²) in [5.74, 6) is 1.79. The molecule has 0 unspecified atom stereocenters. The van der Waals surface area contributed by atoms with Crippen molar-refractivity contribution in [1.82, 2.24) is 9.97 Å². The predicted octanol–water partition coefficient (Wildman–Crippen LogP) is 6.69. The van der Waals surface area contributed by atoms with Crippen LogP contribution in [-0.2, 0) is 0 Å². The zero-order valence-corrected chi connectivity index (χ0v) is 19.9. The van der Waals surface area contributed by atoms with Crippen LogP contribution >= 0.6 is 0 Å². The summed E-state index contributed by atoms with van der Waals surface area (Å²) in [7, 11) is 1.64. The summed E-state index contributed by atoms with van der Waals surface area (Å²) in [6.45, 7) is 1.91. The number of methoxy groups -OCH3 is 1. The van der Waals surface area contributed by atoms with E-state index in [0.717, 1.165) is 33.6 Å². The number of carbonyl (C=O) groups excluding carboxylic acids is 1. The second-order valence-corrected chi connectivity index (χ2v) is 8.25. The number of fused-ring (bicyclic) bond motifs is 1. The fourth-order valence-corrected chi connectivity index (χ4v) is 3.90. The number of hydrogen-bond donors (Lipinski definition) is 3. The van der Waals surface area contributed by atoms with E-state index in [0.29, 0.717) is 23.0 Å². The topological polar surface area (TPSA) is 88.2 Å². The Labute approximate surface area is 209 Å². The molecule has 0 spiro atoms. The molecule has 7 heteroatoms. The quantitative estimate of drug-likeness (QED) is 0.243. The molecular formula is C29H25N5O2. The Hall–Kier alpha value is -4.91. The molecule has 3 N–H and O–H groups in total. The van der Waals surface area contributed by atoms with Gasteiger partial charge in [0.2, 0.25) is 5.95 Å². The lowest BCUT2D eigenvalue weighted by molar-refractivity contribution is 0.102. The first-order valence-corrected chi connectivity index (χ1v) is 11.5. The van der Waals surface area contributed by atoms with Gasteiger partial charge in [0.15, 0.2) is 0 Å². The average molecular weight is 476 g/mol. The Morgan fingerprint density at radius 3 is 2.19 bits per heavy atom. The minimum absolute atomic E-state index is 0.149. The molecule has 0 aliphatic carbocycles. The Kier molecular flexibility index (Phi) is 6.44. The molecule has 0 atom stereocenters. The standard InChI is InChI=1S/C29H25N5O2/c1-19-18-27(31-21-14-16-24(36-2)17-15-21)34-29(30-19)33-23-12-10-22(11-13-23)32-28(35)26-9-5-7-20-6-3-4-8-25(20)26/h3-18H,1-2H3,(H,32,35)(H2,30,31,33,34). The largest absolute Gasteiger partial charge is 0.497 e. The summed E-state index contributed by atoms with van der Waals surface area (Å²) in [6, 6.07) is 30.5. The van der Waals surface area contributed by atoms with Crippen LogP contribution in [0.25, 0.3) is 10.8 Å². The molecule has 0 saturated heterocycles. The van der Waals surface area contributed by atoms with E-state index in [2.05, 4.69) is 25.9 Å². The molecule has 5 rings (SSSR count). The Morgan fingerprint density at radius 2 is 1.42 bits per heavy atom. The number of benzene rings is 4. The number of aryl methyl sites for hydroxylation is 1. The van der Waals surface area contributed by atoms with E-state index in [1.165, 1.54) is 0 Å². The lowest BCUT2D eigenvalue weighted by Crippen LogP contribution is -2.12. The van der Waals surface area contributed by atoms with Crippen LogP contribution in [0.5, 0.6) is 5.75 Å². The molecular weight excluding hydrogens is 450 g/mol. The molecule has 1 aromatic heterocycles. The van der Waals surface area contributed by atoms with Crippen molar-refractivity contribution in [1.29, 1.82) is 0 Å². The highest BCUT2D eigenvalue weighted by atomic mass is 16.5. The van der Waals surface area contributed by atoms with E-state index in [4.69, 9.17) is 4.74 Å². The number of aromatic nitrogens is 2. The molecule has 0 radical (unpaired) electrons. The molecule has 0 fully saturated rings. The van der Waals surface area contributed by atoms with Crippen molar-refractivity contribution in [3.05, 3.63) is 108 Å². The van der Waals surface area contributed by atoms with Crippen molar-refractivity contribution in [2.24, 2.45) is 0 Å². The van der Waals surface area contributed by atoms with Crippen molar-refractivity contribution in [2.45, 2.75) is 6.92 Å². The minimum Gasteiger partial charge on any atom is -0.497 e. The molecule has 0 bridgehead atoms. The third-order valence-corrected chi connectivity index (χ3v) is 5.65. The molecule has 0 aliphatic rings. The predicted molar refractivity (Wildman–Crippen MR) is 145 cm³/mol. The fourth-order valence-electron chi connectivity index (χ4n) is 3.90. The summed E-state index contributed by atoms with van der Waals surface area (Å²) in [5.41, 5.74) is 3.86. The molecule has 5 aromatic rings. The third-order valence-electron chi connectivity index (χ3n) is 5.65. The monoisotopic (exact) mass is 475 g/mol. The summed E-state index contributed by atoms with van der Waals surface area (Å²) < 4.78 is 5.21. The van der Waals surface area contributed by atoms with Gasteiger partial charge in [-0.15, -0.1) is 0 Å². The van der Waals surface area contributed by atoms with Crippen molar-refractivity contribution >= 4 is 45.5 Å². The lowest BCUT2D eigenvalue weighted by Gasteiger charge is -2.11. The maximum Gasteiger partial charge on any atom is 0.256 e. The summed E-state index contributed by atoms with van der Waals surface area (Å²) in [5, 5.41) is 11.4. The van der Waals surface area contributed by atoms with Crippen molar-refractivity contribution in [3.63, 3.8) is 0 Å². The minimum atomic E-state index is -0.149. The SMILES string of the molecule is COc1ccc(Nc2cc(C)nc(Nc3ccc(NC(=O)c4cccc5ccccc45)cc3)n2)cc1. The summed E-state index contributed by atoms with van der Waals surface area (Å²) in [4.78, 5) is 22.0. The van der Waals surface area contributed by atoms with Gasteiger partial charge in [0.25, 0.3) is 5.91 Å². The molecule has 1 heterocycles. The molecule has 7 nitrogen and oxygen atoms in total. The highest BCUT2D eigenvalue weighted by molar-refractivity contribution is 6.12. The molecule has 1 amide bonds. The maximum atomic E-state index is 12.9. The molecule has 36 heavy (non-hydrogen) atoms. The van der Waals surface area contributed by atoms with Crippen LogP contribution in [0.15, 0.2) is 97.1 Å². The smallest absolute Gasteiger partial charge is 0.256 e. The number of anilines is 5. The number of ether oxygens (including phenoxy) is 1. The van der Waals surface area contributed by atoms with Crippen LogP contribution in [0.4, 0.5) is 28.8 Å². The first-order valence-electron chi connectivity index (χ1n) is 11.5. The fraction of sp³-hybridized carbons (Fsp3) is 0.0690. The Morgan fingerprint density at radius 1 is 0.750 bits per heavy atom. The van der Waals surface area contributed by atoms with E-state index in [9.17, 15) is 4.79 Å². The molecule has 4 aromatic carbocycles. The first kappa shape index (κ1) is 22.9. The van der Waals surface area contributed by atoms with E-state index in [1.807, 2.05) is 104 Å². The average Bonchev–Trinajstić information content (AvgIpc) is 2.89. The van der Waals surface area contributed by atoms with Gasteiger partial charge >= 0.3 is 0 Å². The van der Waals surface area contributed by atoms with Crippen LogP contribution in [0.2, 0.25) is 0 Å². The number of nitrogens with zero attached hydrogens (tertiary/aromatic N) is 2. The van der Waals surface area contributed by atoms with Gasteiger partial charge in [-0.25, -0.2) is 4.98 Å². The zero-order chi connectivity index (χ0) is 24.9. The van der Waals surface area contributed by atoms with Crippen molar-refractivity contribution in [2.75, 3.05) is 23.1 Å². The number of amides is 1. The molecule has 0 aliphatic heterocycles. The van der Waals surface area contributed by atoms with Crippen LogP contribution in [0.1, 0.15) is 16.1 Å². The maximum absolute atomic E-state index is 12.9. The number of carbonyl (C=O) groups is 1. The van der Waals surface area contributed by atoms with Crippen LogP contribution < -0.4 is 20.7 Å². The van der Waals surface area contributed by atoms with E-state index < -0.39 is 0 Å². The summed E-state index contributed by atoms with van der Waals surface area (Å²) >= 11 is 0. The Bertz CT molecular complexity index is 1510. The van der Waals surface area contributed by atoms with Crippen LogP contribution in [-0.4, -0.2) is 23.0 Å². The Balaban J connectivity index is 1.27. The molecule has 178 valence electrons. The second kappa shape index (κ2) is 10.1. The number of nitrogens with one attached hydrogen (secondary N) is 3. The van der Waals surface area contributed by atoms with Crippen LogP contribution in [0.3, 0.4) is 0 Å². The van der Waals surface area contributed by atoms with Gasteiger partial charge in [-0.1, -0.05) is 36.4 Å². The molecule has 0 saturated carbocycles. The van der Waals surface area contributed by atoms with E-state index in [1.54, 1.807) is 7.11 Å². The van der Waals surface area contributed by atoms with Gasteiger partial charge in [-0.2, -0.15) is 4.98 Å². The number of hydrogen-bond acceptors (Lipinski definition) is 6. The van der Waals surface area contributed by atoms with Gasteiger partial charge in [0.1, 0.15) is 11.6 Å². The van der Waals surface area contributed by atoms with Gasteiger partial charge in [0.05, 0.1) is 7.11 Å². The highest BCUT2D eigenvalue weighted by Crippen LogP contribution is 2.23. The van der Waals surface area contributed by atoms with E-state index >= 15 is 0 Å². The van der Waals surface area contributed by atoms with E-state index in [-0.39, 0.29) is 5.91 Å². The highest BCUT2D eigenvalue weighted by Gasteiger charge is 2.10. The lowest BCUT2D eigenvalue weighted by atomic mass is 10.0. The van der Waals surface area contributed by atoms with Gasteiger partial charge in [-0.05, 0) is 72.3 Å².